The Morgan fingerprint density at radius 2 is 1.91 bits per heavy atom. The van der Waals surface area contributed by atoms with E-state index in [4.69, 9.17) is 25.8 Å². The molecule has 0 atom stereocenters. The Hall–Kier alpha value is -3.50. The smallest absolute Gasteiger partial charge is 0.263 e. The fourth-order valence-electron chi connectivity index (χ4n) is 3.26. The van der Waals surface area contributed by atoms with Crippen LogP contribution in [0.15, 0.2) is 59.9 Å². The Morgan fingerprint density at radius 3 is 2.67 bits per heavy atom. The van der Waals surface area contributed by atoms with Gasteiger partial charge in [-0.1, -0.05) is 23.7 Å². The molecule has 0 saturated heterocycles. The minimum atomic E-state index is -3.99. The van der Waals surface area contributed by atoms with Crippen molar-refractivity contribution in [3.63, 3.8) is 0 Å². The summed E-state index contributed by atoms with van der Waals surface area (Å²) >= 11 is 6.13. The normalized spacial score (nSPS) is 11.4. The number of benzene rings is 2. The van der Waals surface area contributed by atoms with Gasteiger partial charge in [-0.15, -0.1) is 0 Å². The summed E-state index contributed by atoms with van der Waals surface area (Å²) in [6.45, 7) is 1.76. The van der Waals surface area contributed by atoms with Crippen molar-refractivity contribution in [1.29, 1.82) is 0 Å². The molecule has 0 aliphatic heterocycles. The largest absolute Gasteiger partial charge is 0.493 e. The van der Waals surface area contributed by atoms with Crippen molar-refractivity contribution in [3.8, 4) is 17.4 Å². The van der Waals surface area contributed by atoms with Gasteiger partial charge in [-0.25, -0.2) is 8.42 Å². The average Bonchev–Trinajstić information content (AvgIpc) is 3.15. The first-order chi connectivity index (χ1) is 15.8. The summed E-state index contributed by atoms with van der Waals surface area (Å²) in [5.41, 5.74) is 1.64. The molecule has 0 unspecified atom stereocenters. The highest BCUT2D eigenvalue weighted by Gasteiger charge is 2.24. The number of methoxy groups -OCH3 is 2. The SMILES string of the molecule is COc1ccc(COc2nc3cnccn3c2NS(=O)(=O)c2cccc(Cl)c2C)cc1OC. The monoisotopic (exact) mass is 488 g/mol. The Kier molecular flexibility index (Phi) is 6.30. The first kappa shape index (κ1) is 22.7. The molecule has 0 radical (unpaired) electrons. The van der Waals surface area contributed by atoms with Gasteiger partial charge in [0.2, 0.25) is 0 Å². The number of rotatable bonds is 8. The number of hydrogen-bond acceptors (Lipinski definition) is 7. The first-order valence-electron chi connectivity index (χ1n) is 9.77. The van der Waals surface area contributed by atoms with Crippen LogP contribution in [0.5, 0.6) is 17.4 Å². The first-order valence-corrected chi connectivity index (χ1v) is 11.6. The topological polar surface area (TPSA) is 104 Å². The van der Waals surface area contributed by atoms with E-state index < -0.39 is 10.0 Å². The van der Waals surface area contributed by atoms with Crippen molar-refractivity contribution in [2.75, 3.05) is 18.9 Å². The van der Waals surface area contributed by atoms with Gasteiger partial charge in [0.1, 0.15) is 6.61 Å². The third-order valence-electron chi connectivity index (χ3n) is 4.96. The number of fused-ring (bicyclic) bond motifs is 1. The van der Waals surface area contributed by atoms with E-state index in [2.05, 4.69) is 14.7 Å². The lowest BCUT2D eigenvalue weighted by Crippen LogP contribution is -2.16. The third-order valence-corrected chi connectivity index (χ3v) is 6.85. The van der Waals surface area contributed by atoms with E-state index in [9.17, 15) is 8.42 Å². The Bertz CT molecular complexity index is 1420. The van der Waals surface area contributed by atoms with Crippen molar-refractivity contribution >= 4 is 33.1 Å². The Balaban J connectivity index is 1.69. The van der Waals surface area contributed by atoms with Crippen molar-refractivity contribution in [2.45, 2.75) is 18.4 Å². The summed E-state index contributed by atoms with van der Waals surface area (Å²) in [7, 11) is -0.887. The number of anilines is 1. The van der Waals surface area contributed by atoms with Crippen molar-refractivity contribution in [2.24, 2.45) is 0 Å². The zero-order valence-electron chi connectivity index (χ0n) is 18.1. The molecule has 0 saturated carbocycles. The summed E-state index contributed by atoms with van der Waals surface area (Å²) in [4.78, 5) is 8.49. The molecule has 33 heavy (non-hydrogen) atoms. The maximum atomic E-state index is 13.2. The third kappa shape index (κ3) is 4.53. The van der Waals surface area contributed by atoms with Crippen LogP contribution in [-0.2, 0) is 16.6 Å². The quantitative estimate of drug-likeness (QED) is 0.398. The lowest BCUT2D eigenvalue weighted by Gasteiger charge is -2.13. The van der Waals surface area contributed by atoms with Gasteiger partial charge in [0.05, 0.1) is 25.3 Å². The van der Waals surface area contributed by atoms with E-state index >= 15 is 0 Å². The molecule has 172 valence electrons. The molecule has 0 bridgehead atoms. The summed E-state index contributed by atoms with van der Waals surface area (Å²) in [6, 6.07) is 10.0. The second kappa shape index (κ2) is 9.16. The highest BCUT2D eigenvalue weighted by Crippen LogP contribution is 2.32. The number of nitrogens with zero attached hydrogens (tertiary/aromatic N) is 3. The second-order valence-electron chi connectivity index (χ2n) is 7.02. The van der Waals surface area contributed by atoms with Crippen LogP contribution in [0.3, 0.4) is 0 Å². The Labute approximate surface area is 196 Å². The van der Waals surface area contributed by atoms with Crippen LogP contribution in [0, 0.1) is 6.92 Å². The zero-order chi connectivity index (χ0) is 23.6. The van der Waals surface area contributed by atoms with Gasteiger partial charge in [0.25, 0.3) is 15.9 Å². The standard InChI is InChI=1S/C22H21ClN4O5S/c1-14-16(23)5-4-6-19(14)33(28,29)26-21-22(25-20-12-24-9-10-27(20)21)32-13-15-7-8-17(30-2)18(11-15)31-3/h4-12,26H,13H2,1-3H3. The minimum absolute atomic E-state index is 0.0600. The van der Waals surface area contributed by atoms with E-state index in [1.165, 1.54) is 18.5 Å². The van der Waals surface area contributed by atoms with Gasteiger partial charge in [-0.05, 0) is 42.3 Å². The van der Waals surface area contributed by atoms with E-state index in [-0.39, 0.29) is 23.2 Å². The van der Waals surface area contributed by atoms with E-state index in [1.54, 1.807) is 56.0 Å². The fourth-order valence-corrected chi connectivity index (χ4v) is 4.81. The van der Waals surface area contributed by atoms with Gasteiger partial charge in [0, 0.05) is 17.4 Å². The van der Waals surface area contributed by atoms with Gasteiger partial charge in [-0.3, -0.25) is 14.1 Å². The predicted molar refractivity (Wildman–Crippen MR) is 124 cm³/mol. The van der Waals surface area contributed by atoms with E-state index in [1.807, 2.05) is 6.07 Å². The maximum Gasteiger partial charge on any atom is 0.263 e. The second-order valence-corrected chi connectivity index (χ2v) is 9.07. The molecule has 0 fully saturated rings. The molecule has 2 aromatic carbocycles. The molecule has 2 aromatic heterocycles. The van der Waals surface area contributed by atoms with Crippen LogP contribution in [0.2, 0.25) is 5.02 Å². The maximum absolute atomic E-state index is 13.2. The molecule has 4 aromatic rings. The number of aromatic nitrogens is 3. The molecule has 9 nitrogen and oxygen atoms in total. The molecular formula is C22H21ClN4O5S. The number of sulfonamides is 1. The van der Waals surface area contributed by atoms with Crippen LogP contribution in [-0.4, -0.2) is 37.0 Å². The number of imidazole rings is 1. The number of halogens is 1. The average molecular weight is 489 g/mol. The molecule has 0 aliphatic carbocycles. The zero-order valence-corrected chi connectivity index (χ0v) is 19.6. The van der Waals surface area contributed by atoms with E-state index in [0.717, 1.165) is 5.56 Å². The van der Waals surface area contributed by atoms with Crippen molar-refractivity contribution < 1.29 is 22.6 Å². The molecule has 4 rings (SSSR count). The van der Waals surface area contributed by atoms with Crippen LogP contribution >= 0.6 is 11.6 Å². The molecule has 11 heteroatoms. The highest BCUT2D eigenvalue weighted by molar-refractivity contribution is 7.92. The van der Waals surface area contributed by atoms with Crippen LogP contribution in [0.4, 0.5) is 5.82 Å². The van der Waals surface area contributed by atoms with Crippen molar-refractivity contribution in [3.05, 3.63) is 71.1 Å². The molecule has 0 amide bonds. The van der Waals surface area contributed by atoms with Gasteiger partial charge in [-0.2, -0.15) is 4.98 Å². The molecule has 0 spiro atoms. The molecule has 2 heterocycles. The van der Waals surface area contributed by atoms with Gasteiger partial charge < -0.3 is 14.2 Å². The number of hydrogen-bond donors (Lipinski definition) is 1. The van der Waals surface area contributed by atoms with Gasteiger partial charge >= 0.3 is 0 Å². The summed E-state index contributed by atoms with van der Waals surface area (Å²) in [5.74, 6) is 1.38. The summed E-state index contributed by atoms with van der Waals surface area (Å²) in [5, 5.41) is 0.352. The summed E-state index contributed by atoms with van der Waals surface area (Å²) in [6.07, 6.45) is 4.62. The van der Waals surface area contributed by atoms with Crippen molar-refractivity contribution in [1.82, 2.24) is 14.4 Å². The van der Waals surface area contributed by atoms with Crippen LogP contribution < -0.4 is 18.9 Å². The number of ether oxygens (including phenoxy) is 3. The molecule has 1 N–H and O–H groups in total. The Morgan fingerprint density at radius 1 is 1.12 bits per heavy atom. The van der Waals surface area contributed by atoms with Gasteiger partial charge in [0.15, 0.2) is 23.0 Å². The minimum Gasteiger partial charge on any atom is -0.493 e. The number of nitrogens with one attached hydrogen (secondary N) is 1. The predicted octanol–water partition coefficient (Wildman–Crippen LogP) is 4.09. The highest BCUT2D eigenvalue weighted by atomic mass is 35.5. The van der Waals surface area contributed by atoms with E-state index in [0.29, 0.717) is 27.7 Å². The van der Waals surface area contributed by atoms with Crippen LogP contribution in [0.25, 0.3) is 5.65 Å². The lowest BCUT2D eigenvalue weighted by molar-refractivity contribution is 0.295. The summed E-state index contributed by atoms with van der Waals surface area (Å²) < 4.78 is 47.0. The lowest BCUT2D eigenvalue weighted by atomic mass is 10.2. The fraction of sp³-hybridized carbons (Fsp3) is 0.182. The molecule has 0 aliphatic rings. The molecular weight excluding hydrogens is 468 g/mol. The van der Waals surface area contributed by atoms with Crippen LogP contribution in [0.1, 0.15) is 11.1 Å².